The van der Waals surface area contributed by atoms with Crippen molar-refractivity contribution in [2.75, 3.05) is 0 Å². The molecule has 0 aromatic carbocycles. The molecule has 2 fully saturated rings. The Balaban J connectivity index is 2.05. The molecule has 0 spiro atoms. The van der Waals surface area contributed by atoms with Crippen LogP contribution in [-0.4, -0.2) is 10.7 Å². The van der Waals surface area contributed by atoms with Crippen LogP contribution in [0.2, 0.25) is 0 Å². The van der Waals surface area contributed by atoms with E-state index >= 15 is 0 Å². The highest BCUT2D eigenvalue weighted by atomic mass is 16.3. The third kappa shape index (κ3) is 4.10. The Morgan fingerprint density at radius 1 is 1.38 bits per heavy atom. The van der Waals surface area contributed by atoms with Crippen molar-refractivity contribution in [2.45, 2.75) is 71.8 Å². The zero-order chi connectivity index (χ0) is 15.7. The predicted octanol–water partition coefficient (Wildman–Crippen LogP) is 5.42. The molecule has 118 valence electrons. The Labute approximate surface area is 130 Å². The van der Waals surface area contributed by atoms with Crippen LogP contribution in [0, 0.1) is 17.3 Å². The minimum atomic E-state index is -0.723. The molecule has 2 aliphatic carbocycles. The lowest BCUT2D eigenvalue weighted by Gasteiger charge is -2.49. The Kier molecular flexibility index (Phi) is 4.82. The van der Waals surface area contributed by atoms with Gasteiger partial charge in [-0.15, -0.1) is 0 Å². The maximum atomic E-state index is 9.74. The van der Waals surface area contributed by atoms with Crippen LogP contribution in [0.4, 0.5) is 0 Å². The molecule has 0 aliphatic heterocycles. The molecule has 0 aromatic heterocycles. The van der Waals surface area contributed by atoms with E-state index in [0.29, 0.717) is 17.3 Å². The molecular weight excluding hydrogens is 256 g/mol. The summed E-state index contributed by atoms with van der Waals surface area (Å²) in [5, 5.41) is 9.74. The summed E-state index contributed by atoms with van der Waals surface area (Å²) in [5.41, 5.74) is 2.73. The van der Waals surface area contributed by atoms with Gasteiger partial charge in [-0.05, 0) is 76.5 Å². The highest BCUT2D eigenvalue weighted by Gasteiger charge is 2.42. The van der Waals surface area contributed by atoms with Gasteiger partial charge in [-0.25, -0.2) is 0 Å². The van der Waals surface area contributed by atoms with Crippen molar-refractivity contribution >= 4 is 0 Å². The summed E-state index contributed by atoms with van der Waals surface area (Å²) >= 11 is 0. The van der Waals surface area contributed by atoms with E-state index in [9.17, 15) is 5.11 Å². The van der Waals surface area contributed by atoms with E-state index in [1.165, 1.54) is 49.7 Å². The molecule has 3 atom stereocenters. The topological polar surface area (TPSA) is 20.2 Å². The minimum absolute atomic E-state index is 0.509. The van der Waals surface area contributed by atoms with E-state index in [4.69, 9.17) is 0 Å². The maximum Gasteiger partial charge on any atom is 0.0774 e. The molecular formula is C20H32O. The molecule has 0 bridgehead atoms. The van der Waals surface area contributed by atoms with Gasteiger partial charge in [-0.1, -0.05) is 42.9 Å². The van der Waals surface area contributed by atoms with Crippen molar-refractivity contribution in [3.8, 4) is 0 Å². The highest BCUT2D eigenvalue weighted by Crippen LogP contribution is 2.54. The molecule has 0 saturated heterocycles. The lowest BCUT2D eigenvalue weighted by Crippen LogP contribution is -2.38. The average Bonchev–Trinajstić information content (AvgIpc) is 2.36. The quantitative estimate of drug-likeness (QED) is 0.543. The normalized spacial score (nSPS) is 35.1. The van der Waals surface area contributed by atoms with E-state index in [-0.39, 0.29) is 0 Å². The molecule has 2 rings (SSSR count). The van der Waals surface area contributed by atoms with Gasteiger partial charge < -0.3 is 5.11 Å². The van der Waals surface area contributed by atoms with Crippen molar-refractivity contribution in [3.05, 3.63) is 36.0 Å². The smallest absolute Gasteiger partial charge is 0.0774 e. The summed E-state index contributed by atoms with van der Waals surface area (Å²) in [4.78, 5) is 0. The molecule has 2 aliphatic rings. The van der Waals surface area contributed by atoms with Crippen LogP contribution in [0.1, 0.15) is 66.2 Å². The summed E-state index contributed by atoms with van der Waals surface area (Å²) in [7, 11) is 0. The highest BCUT2D eigenvalue weighted by molar-refractivity contribution is 5.20. The molecule has 0 heterocycles. The second-order valence-corrected chi connectivity index (χ2v) is 8.11. The first-order chi connectivity index (χ1) is 9.71. The monoisotopic (exact) mass is 288 g/mol. The van der Waals surface area contributed by atoms with Crippen LogP contribution in [0.3, 0.4) is 0 Å². The van der Waals surface area contributed by atoms with Gasteiger partial charge in [0.25, 0.3) is 0 Å². The lowest BCUT2D eigenvalue weighted by atomic mass is 9.56. The van der Waals surface area contributed by atoms with Gasteiger partial charge in [0, 0.05) is 0 Å². The number of rotatable bonds is 3. The largest absolute Gasteiger partial charge is 0.386 e. The summed E-state index contributed by atoms with van der Waals surface area (Å²) < 4.78 is 0. The molecule has 0 aromatic rings. The Morgan fingerprint density at radius 2 is 2.10 bits per heavy atom. The number of hydrogen-bond acceptors (Lipinski definition) is 1. The summed E-state index contributed by atoms with van der Waals surface area (Å²) in [6, 6.07) is 0. The standard InChI is InChI=1S/C20H32O/c1-15(8-6-11-19(3,4)21)17-10-13-20(5)12-7-9-16(2)18(20)14-17/h6,8,11,17-18,21H,2,7,9-10,12-14H2,1,3-5H3/b11-6+,15-8+. The fourth-order valence-corrected chi connectivity index (χ4v) is 4.20. The first-order valence-corrected chi connectivity index (χ1v) is 8.47. The first-order valence-electron chi connectivity index (χ1n) is 8.47. The molecule has 21 heavy (non-hydrogen) atoms. The summed E-state index contributed by atoms with van der Waals surface area (Å²) in [6.07, 6.45) is 13.9. The number of fused-ring (bicyclic) bond motifs is 1. The van der Waals surface area contributed by atoms with Gasteiger partial charge in [0.1, 0.15) is 0 Å². The molecule has 3 unspecified atom stereocenters. The number of aliphatic hydroxyl groups is 1. The summed E-state index contributed by atoms with van der Waals surface area (Å²) in [5.74, 6) is 1.40. The van der Waals surface area contributed by atoms with E-state index in [0.717, 1.165) is 0 Å². The van der Waals surface area contributed by atoms with Crippen molar-refractivity contribution < 1.29 is 5.11 Å². The van der Waals surface area contributed by atoms with Crippen molar-refractivity contribution in [2.24, 2.45) is 17.3 Å². The van der Waals surface area contributed by atoms with Gasteiger partial charge in [-0.2, -0.15) is 0 Å². The third-order valence-electron chi connectivity index (χ3n) is 5.67. The maximum absolute atomic E-state index is 9.74. The van der Waals surface area contributed by atoms with Crippen LogP contribution < -0.4 is 0 Å². The second kappa shape index (κ2) is 6.12. The van der Waals surface area contributed by atoms with Gasteiger partial charge in [0.05, 0.1) is 5.60 Å². The average molecular weight is 288 g/mol. The van der Waals surface area contributed by atoms with Gasteiger partial charge in [-0.3, -0.25) is 0 Å². The predicted molar refractivity (Wildman–Crippen MR) is 91.1 cm³/mol. The van der Waals surface area contributed by atoms with Crippen LogP contribution >= 0.6 is 0 Å². The zero-order valence-electron chi connectivity index (χ0n) is 14.3. The number of allylic oxidation sites excluding steroid dienone is 4. The fraction of sp³-hybridized carbons (Fsp3) is 0.700. The fourth-order valence-electron chi connectivity index (χ4n) is 4.20. The van der Waals surface area contributed by atoms with Crippen LogP contribution in [0.5, 0.6) is 0 Å². The van der Waals surface area contributed by atoms with Crippen LogP contribution in [0.25, 0.3) is 0 Å². The van der Waals surface area contributed by atoms with E-state index in [2.05, 4.69) is 26.5 Å². The molecule has 2 saturated carbocycles. The Hall–Kier alpha value is -0.820. The van der Waals surface area contributed by atoms with E-state index < -0.39 is 5.60 Å². The summed E-state index contributed by atoms with van der Waals surface area (Å²) in [6.45, 7) is 12.7. The van der Waals surface area contributed by atoms with Crippen molar-refractivity contribution in [1.82, 2.24) is 0 Å². The van der Waals surface area contributed by atoms with E-state index in [1.807, 2.05) is 26.0 Å². The van der Waals surface area contributed by atoms with Crippen molar-refractivity contribution in [3.63, 3.8) is 0 Å². The Bertz CT molecular complexity index is 449. The van der Waals surface area contributed by atoms with Crippen LogP contribution in [0.15, 0.2) is 36.0 Å². The minimum Gasteiger partial charge on any atom is -0.386 e. The van der Waals surface area contributed by atoms with Gasteiger partial charge >= 0.3 is 0 Å². The molecule has 0 radical (unpaired) electrons. The van der Waals surface area contributed by atoms with Gasteiger partial charge in [0.15, 0.2) is 0 Å². The zero-order valence-corrected chi connectivity index (χ0v) is 14.3. The SMILES string of the molecule is C=C1CCCC2(C)CCC(/C(C)=C/C=C/C(C)(C)O)CC12. The van der Waals surface area contributed by atoms with E-state index in [1.54, 1.807) is 0 Å². The van der Waals surface area contributed by atoms with Crippen molar-refractivity contribution in [1.29, 1.82) is 0 Å². The number of hydrogen-bond donors (Lipinski definition) is 1. The van der Waals surface area contributed by atoms with Gasteiger partial charge in [0.2, 0.25) is 0 Å². The molecule has 1 nitrogen and oxygen atoms in total. The second-order valence-electron chi connectivity index (χ2n) is 8.11. The first kappa shape index (κ1) is 16.5. The third-order valence-corrected chi connectivity index (χ3v) is 5.67. The van der Waals surface area contributed by atoms with Crippen LogP contribution in [-0.2, 0) is 0 Å². The lowest BCUT2D eigenvalue weighted by molar-refractivity contribution is 0.0831. The Morgan fingerprint density at radius 3 is 2.76 bits per heavy atom. The molecule has 0 amide bonds. The molecule has 1 heteroatoms. The molecule has 1 N–H and O–H groups in total.